The van der Waals surface area contributed by atoms with Gasteiger partial charge in [0.05, 0.1) is 0 Å². The van der Waals surface area contributed by atoms with Crippen molar-refractivity contribution in [2.45, 2.75) is 13.3 Å². The maximum atomic E-state index is 8.48. The van der Waals surface area contributed by atoms with E-state index in [-0.39, 0.29) is 6.61 Å². The van der Waals surface area contributed by atoms with Gasteiger partial charge in [-0.15, -0.1) is 0 Å². The summed E-state index contributed by atoms with van der Waals surface area (Å²) in [5.74, 6) is 0.466. The zero-order chi connectivity index (χ0) is 7.11. The van der Waals surface area contributed by atoms with Crippen LogP contribution in [0.4, 0.5) is 0 Å². The molecule has 0 saturated carbocycles. The molecule has 52 valence electrons. The van der Waals surface area contributed by atoms with Gasteiger partial charge in [0.15, 0.2) is 0 Å². The molecule has 0 rings (SSSR count). The summed E-state index contributed by atoms with van der Waals surface area (Å²) < 4.78 is 0. The first-order valence-corrected chi connectivity index (χ1v) is 3.21. The van der Waals surface area contributed by atoms with E-state index in [0.717, 1.165) is 6.42 Å². The lowest BCUT2D eigenvalue weighted by Crippen LogP contribution is -1.92. The molecular formula is C8H14O. The number of hydrogen-bond acceptors (Lipinski definition) is 1. The summed E-state index contributed by atoms with van der Waals surface area (Å²) in [5.41, 5.74) is 0. The molecule has 1 nitrogen and oxygen atoms in total. The molecule has 0 fully saturated rings. The molecule has 0 aromatic heterocycles. The van der Waals surface area contributed by atoms with Gasteiger partial charge in [-0.1, -0.05) is 31.7 Å². The zero-order valence-corrected chi connectivity index (χ0v) is 5.88. The van der Waals surface area contributed by atoms with Crippen molar-refractivity contribution in [2.24, 2.45) is 5.92 Å². The highest BCUT2D eigenvalue weighted by Crippen LogP contribution is 2.01. The Bertz CT molecular complexity index is 94.7. The van der Waals surface area contributed by atoms with Crippen LogP contribution in [0.5, 0.6) is 0 Å². The maximum Gasteiger partial charge on any atom is 0.0436 e. The van der Waals surface area contributed by atoms with Gasteiger partial charge in [0, 0.05) is 6.61 Å². The molecule has 0 bridgehead atoms. The maximum absolute atomic E-state index is 8.48. The predicted molar refractivity (Wildman–Crippen MR) is 40.2 cm³/mol. The van der Waals surface area contributed by atoms with Crippen molar-refractivity contribution in [2.75, 3.05) is 6.61 Å². The van der Waals surface area contributed by atoms with Crippen LogP contribution in [0.1, 0.15) is 13.3 Å². The molecule has 0 aromatic rings. The van der Waals surface area contributed by atoms with E-state index in [2.05, 4.69) is 13.5 Å². The molecule has 1 N–H and O–H groups in total. The van der Waals surface area contributed by atoms with Crippen molar-refractivity contribution < 1.29 is 5.11 Å². The monoisotopic (exact) mass is 126 g/mol. The third-order valence-electron chi connectivity index (χ3n) is 1.16. The van der Waals surface area contributed by atoms with Crippen LogP contribution in [0.3, 0.4) is 0 Å². The fourth-order valence-electron chi connectivity index (χ4n) is 0.568. The molecule has 1 unspecified atom stereocenters. The second-order valence-electron chi connectivity index (χ2n) is 2.11. The Labute approximate surface area is 56.7 Å². The molecule has 0 aliphatic rings. The molecule has 0 spiro atoms. The van der Waals surface area contributed by atoms with E-state index in [1.54, 1.807) is 6.08 Å². The van der Waals surface area contributed by atoms with E-state index in [9.17, 15) is 0 Å². The Morgan fingerprint density at radius 2 is 2.33 bits per heavy atom. The lowest BCUT2D eigenvalue weighted by atomic mass is 10.1. The molecule has 1 atom stereocenters. The third-order valence-corrected chi connectivity index (χ3v) is 1.16. The predicted octanol–water partition coefficient (Wildman–Crippen LogP) is 1.75. The quantitative estimate of drug-likeness (QED) is 0.569. The molecule has 0 amide bonds. The summed E-state index contributed by atoms with van der Waals surface area (Å²) in [4.78, 5) is 0. The first-order chi connectivity index (χ1) is 4.31. The molecule has 0 radical (unpaired) electrons. The van der Waals surface area contributed by atoms with Gasteiger partial charge in [0.2, 0.25) is 0 Å². The molecule has 0 aliphatic carbocycles. The van der Waals surface area contributed by atoms with Gasteiger partial charge in [-0.3, -0.25) is 0 Å². The van der Waals surface area contributed by atoms with Crippen molar-refractivity contribution in [3.05, 3.63) is 24.8 Å². The largest absolute Gasteiger partial charge is 0.396 e. The molecule has 1 heteroatoms. The standard InChI is InChI=1S/C8H14O/c1-3-4-5-8(2)6-7-9/h3-5,8-9H,1,6-7H2,2H3/b5-4+. The van der Waals surface area contributed by atoms with E-state index >= 15 is 0 Å². The SMILES string of the molecule is C=C/C=C/C(C)CCO. The van der Waals surface area contributed by atoms with Crippen LogP contribution in [0, 0.1) is 5.92 Å². The number of aliphatic hydroxyl groups is 1. The molecule has 0 aromatic carbocycles. The van der Waals surface area contributed by atoms with Crippen LogP contribution >= 0.6 is 0 Å². The number of hydrogen-bond donors (Lipinski definition) is 1. The molecule has 0 heterocycles. The van der Waals surface area contributed by atoms with Gasteiger partial charge in [0.25, 0.3) is 0 Å². The summed E-state index contributed by atoms with van der Waals surface area (Å²) in [6.45, 7) is 5.88. The highest BCUT2D eigenvalue weighted by Gasteiger charge is 1.91. The smallest absolute Gasteiger partial charge is 0.0436 e. The fraction of sp³-hybridized carbons (Fsp3) is 0.500. The van der Waals surface area contributed by atoms with Crippen LogP contribution in [-0.2, 0) is 0 Å². The average Bonchev–Trinajstić information content (AvgIpc) is 1.85. The number of rotatable bonds is 4. The van der Waals surface area contributed by atoms with Crippen LogP contribution < -0.4 is 0 Å². The van der Waals surface area contributed by atoms with Gasteiger partial charge < -0.3 is 5.11 Å². The zero-order valence-electron chi connectivity index (χ0n) is 5.88. The topological polar surface area (TPSA) is 20.2 Å². The highest BCUT2D eigenvalue weighted by atomic mass is 16.2. The third kappa shape index (κ3) is 5.31. The first kappa shape index (κ1) is 8.44. The van der Waals surface area contributed by atoms with Crippen molar-refractivity contribution in [1.82, 2.24) is 0 Å². The second kappa shape index (κ2) is 5.57. The van der Waals surface area contributed by atoms with Crippen LogP contribution in [-0.4, -0.2) is 11.7 Å². The van der Waals surface area contributed by atoms with Crippen LogP contribution in [0.2, 0.25) is 0 Å². The summed E-state index contributed by atoms with van der Waals surface area (Å²) >= 11 is 0. The lowest BCUT2D eigenvalue weighted by Gasteiger charge is -1.99. The van der Waals surface area contributed by atoms with Gasteiger partial charge >= 0.3 is 0 Å². The summed E-state index contributed by atoms with van der Waals surface area (Å²) in [6, 6.07) is 0. The van der Waals surface area contributed by atoms with E-state index in [1.807, 2.05) is 12.2 Å². The number of aliphatic hydroxyl groups excluding tert-OH is 1. The van der Waals surface area contributed by atoms with Crippen molar-refractivity contribution in [3.63, 3.8) is 0 Å². The molecule has 9 heavy (non-hydrogen) atoms. The Morgan fingerprint density at radius 1 is 1.67 bits per heavy atom. The second-order valence-corrected chi connectivity index (χ2v) is 2.11. The number of allylic oxidation sites excluding steroid dienone is 3. The van der Waals surface area contributed by atoms with Gasteiger partial charge in [-0.2, -0.15) is 0 Å². The van der Waals surface area contributed by atoms with Crippen LogP contribution in [0.25, 0.3) is 0 Å². The van der Waals surface area contributed by atoms with E-state index in [0.29, 0.717) is 5.92 Å². The minimum Gasteiger partial charge on any atom is -0.396 e. The van der Waals surface area contributed by atoms with Crippen molar-refractivity contribution >= 4 is 0 Å². The van der Waals surface area contributed by atoms with Gasteiger partial charge in [-0.05, 0) is 12.3 Å². The summed E-state index contributed by atoms with van der Waals surface area (Å²) in [7, 11) is 0. The Hall–Kier alpha value is -0.560. The Balaban J connectivity index is 3.35. The van der Waals surface area contributed by atoms with Gasteiger partial charge in [0.1, 0.15) is 0 Å². The van der Waals surface area contributed by atoms with E-state index < -0.39 is 0 Å². The van der Waals surface area contributed by atoms with E-state index in [1.165, 1.54) is 0 Å². The molecular weight excluding hydrogens is 112 g/mol. The first-order valence-electron chi connectivity index (χ1n) is 3.21. The molecule has 0 saturated heterocycles. The van der Waals surface area contributed by atoms with Gasteiger partial charge in [-0.25, -0.2) is 0 Å². The fourth-order valence-corrected chi connectivity index (χ4v) is 0.568. The minimum atomic E-state index is 0.267. The normalized spacial score (nSPS) is 14.0. The highest BCUT2D eigenvalue weighted by molar-refractivity contribution is 4.98. The molecule has 0 aliphatic heterocycles. The van der Waals surface area contributed by atoms with Crippen LogP contribution in [0.15, 0.2) is 24.8 Å². The minimum absolute atomic E-state index is 0.267. The average molecular weight is 126 g/mol. The van der Waals surface area contributed by atoms with Crippen molar-refractivity contribution in [1.29, 1.82) is 0 Å². The van der Waals surface area contributed by atoms with E-state index in [4.69, 9.17) is 5.11 Å². The lowest BCUT2D eigenvalue weighted by molar-refractivity contribution is 0.274. The summed E-state index contributed by atoms with van der Waals surface area (Å²) in [6.07, 6.45) is 6.52. The van der Waals surface area contributed by atoms with Crippen molar-refractivity contribution in [3.8, 4) is 0 Å². The Morgan fingerprint density at radius 3 is 2.78 bits per heavy atom. The Kier molecular flexibility index (Phi) is 5.23. The summed E-state index contributed by atoms with van der Waals surface area (Å²) in [5, 5.41) is 8.48.